The van der Waals surface area contributed by atoms with Crippen LogP contribution >= 0.6 is 0 Å². The quantitative estimate of drug-likeness (QED) is 0.797. The van der Waals surface area contributed by atoms with Crippen LogP contribution in [0.4, 0.5) is 0 Å². The summed E-state index contributed by atoms with van der Waals surface area (Å²) in [5.41, 5.74) is 3.33. The minimum atomic E-state index is -0.204. The highest BCUT2D eigenvalue weighted by Gasteiger charge is 2.22. The lowest BCUT2D eigenvalue weighted by Crippen LogP contribution is -2.49. The third kappa shape index (κ3) is 5.63. The second kappa shape index (κ2) is 9.17. The fourth-order valence-electron chi connectivity index (χ4n) is 3.55. The Balaban J connectivity index is 1.47. The van der Waals surface area contributed by atoms with Gasteiger partial charge >= 0.3 is 0 Å². The fourth-order valence-corrected chi connectivity index (χ4v) is 3.55. The Bertz CT molecular complexity index is 848. The molecule has 3 rings (SSSR count). The molecule has 8 nitrogen and oxygen atoms in total. The van der Waals surface area contributed by atoms with E-state index >= 15 is 0 Å². The number of nitrogens with one attached hydrogen (secondary N) is 1. The summed E-state index contributed by atoms with van der Waals surface area (Å²) in [6.45, 7) is 12.4. The van der Waals surface area contributed by atoms with E-state index in [1.807, 2.05) is 44.7 Å². The van der Waals surface area contributed by atoms with E-state index in [1.165, 1.54) is 0 Å². The molecule has 1 aromatic carbocycles. The molecule has 1 aliphatic rings. The highest BCUT2D eigenvalue weighted by Crippen LogP contribution is 2.13. The number of rotatable bonds is 6. The van der Waals surface area contributed by atoms with Crippen LogP contribution in [0.5, 0.6) is 0 Å². The molecule has 8 heteroatoms. The summed E-state index contributed by atoms with van der Waals surface area (Å²) < 4.78 is 1.70. The monoisotopic (exact) mass is 398 g/mol. The van der Waals surface area contributed by atoms with Crippen molar-refractivity contribution in [3.05, 3.63) is 46.8 Å². The van der Waals surface area contributed by atoms with Gasteiger partial charge in [-0.3, -0.25) is 19.2 Å². The lowest BCUT2D eigenvalue weighted by molar-refractivity contribution is 0.0631. The molecule has 0 radical (unpaired) electrons. The van der Waals surface area contributed by atoms with E-state index in [9.17, 15) is 9.59 Å². The van der Waals surface area contributed by atoms with Crippen LogP contribution in [0.3, 0.4) is 0 Å². The SMILES string of the molecule is Cc1cc(C)cc(C(=O)N2CCN(CCn3cc(C(=O)NC(C)C)nn3)CC2)c1. The van der Waals surface area contributed by atoms with Crippen molar-refractivity contribution in [3.63, 3.8) is 0 Å². The van der Waals surface area contributed by atoms with Crippen LogP contribution in [-0.4, -0.2) is 75.4 Å². The number of amides is 2. The van der Waals surface area contributed by atoms with Gasteiger partial charge in [0.2, 0.25) is 0 Å². The first kappa shape index (κ1) is 21.0. The zero-order valence-electron chi connectivity index (χ0n) is 17.7. The third-order valence-electron chi connectivity index (χ3n) is 4.96. The maximum Gasteiger partial charge on any atom is 0.273 e. The van der Waals surface area contributed by atoms with Gasteiger partial charge in [-0.05, 0) is 39.8 Å². The number of aryl methyl sites for hydroxylation is 2. The zero-order chi connectivity index (χ0) is 21.0. The second-order valence-electron chi connectivity index (χ2n) is 8.01. The molecule has 2 heterocycles. The zero-order valence-corrected chi connectivity index (χ0v) is 17.7. The molecule has 2 aromatic rings. The molecule has 0 bridgehead atoms. The molecular formula is C21H30N6O2. The molecule has 0 saturated carbocycles. The standard InChI is InChI=1S/C21H30N6O2/c1-15(2)22-20(28)19-14-27(24-23-19)10-7-25-5-8-26(9-6-25)21(29)18-12-16(3)11-17(4)13-18/h11-15H,5-10H2,1-4H3,(H,22,28). The number of piperazine rings is 1. The molecule has 156 valence electrons. The van der Waals surface area contributed by atoms with Crippen LogP contribution < -0.4 is 5.32 Å². The summed E-state index contributed by atoms with van der Waals surface area (Å²) in [5, 5.41) is 10.8. The molecule has 1 aliphatic heterocycles. The van der Waals surface area contributed by atoms with Gasteiger partial charge in [0.05, 0.1) is 12.7 Å². The molecule has 1 N–H and O–H groups in total. The maximum atomic E-state index is 12.8. The number of carbonyl (C=O) groups excluding carboxylic acids is 2. The molecule has 0 atom stereocenters. The Morgan fingerprint density at radius 2 is 1.69 bits per heavy atom. The van der Waals surface area contributed by atoms with E-state index in [2.05, 4.69) is 26.6 Å². The predicted molar refractivity (Wildman–Crippen MR) is 111 cm³/mol. The Morgan fingerprint density at radius 3 is 2.31 bits per heavy atom. The Hall–Kier alpha value is -2.74. The van der Waals surface area contributed by atoms with Crippen LogP contribution in [0, 0.1) is 13.8 Å². The molecule has 0 spiro atoms. The summed E-state index contributed by atoms with van der Waals surface area (Å²) in [5.74, 6) is -0.0988. The highest BCUT2D eigenvalue weighted by atomic mass is 16.2. The lowest BCUT2D eigenvalue weighted by Gasteiger charge is -2.34. The number of hydrogen-bond acceptors (Lipinski definition) is 5. The highest BCUT2D eigenvalue weighted by molar-refractivity contribution is 5.94. The van der Waals surface area contributed by atoms with Gasteiger partial charge in [-0.2, -0.15) is 0 Å². The van der Waals surface area contributed by atoms with Gasteiger partial charge in [-0.1, -0.05) is 22.4 Å². The smallest absolute Gasteiger partial charge is 0.273 e. The summed E-state index contributed by atoms with van der Waals surface area (Å²) >= 11 is 0. The van der Waals surface area contributed by atoms with E-state index in [0.717, 1.165) is 36.3 Å². The van der Waals surface area contributed by atoms with Crippen LogP contribution in [0.2, 0.25) is 0 Å². The number of nitrogens with zero attached hydrogens (tertiary/aromatic N) is 5. The van der Waals surface area contributed by atoms with E-state index < -0.39 is 0 Å². The number of benzene rings is 1. The van der Waals surface area contributed by atoms with Crippen molar-refractivity contribution in [1.29, 1.82) is 0 Å². The first-order valence-electron chi connectivity index (χ1n) is 10.1. The second-order valence-corrected chi connectivity index (χ2v) is 8.01. The van der Waals surface area contributed by atoms with Crippen molar-refractivity contribution in [2.75, 3.05) is 32.7 Å². The summed E-state index contributed by atoms with van der Waals surface area (Å²) in [6, 6.07) is 6.06. The van der Waals surface area contributed by atoms with Gasteiger partial charge in [0.15, 0.2) is 5.69 Å². The predicted octanol–water partition coefficient (Wildman–Crippen LogP) is 1.49. The van der Waals surface area contributed by atoms with Crippen molar-refractivity contribution in [2.45, 2.75) is 40.3 Å². The Labute approximate surface area is 171 Å². The van der Waals surface area contributed by atoms with E-state index in [4.69, 9.17) is 0 Å². The largest absolute Gasteiger partial charge is 0.348 e. The van der Waals surface area contributed by atoms with Crippen molar-refractivity contribution in [3.8, 4) is 0 Å². The van der Waals surface area contributed by atoms with Crippen molar-refractivity contribution < 1.29 is 9.59 Å². The van der Waals surface area contributed by atoms with Gasteiger partial charge < -0.3 is 10.2 Å². The van der Waals surface area contributed by atoms with Crippen molar-refractivity contribution >= 4 is 11.8 Å². The molecule has 1 saturated heterocycles. The average molecular weight is 399 g/mol. The molecule has 1 fully saturated rings. The minimum absolute atomic E-state index is 0.0652. The number of carbonyl (C=O) groups is 2. The van der Waals surface area contributed by atoms with Crippen LogP contribution in [-0.2, 0) is 6.54 Å². The van der Waals surface area contributed by atoms with E-state index in [0.29, 0.717) is 25.3 Å². The summed E-state index contributed by atoms with van der Waals surface area (Å²) in [7, 11) is 0. The molecule has 2 amide bonds. The van der Waals surface area contributed by atoms with Gasteiger partial charge in [0.1, 0.15) is 0 Å². The summed E-state index contributed by atoms with van der Waals surface area (Å²) in [6.07, 6.45) is 1.68. The molecule has 0 unspecified atom stereocenters. The lowest BCUT2D eigenvalue weighted by atomic mass is 10.1. The van der Waals surface area contributed by atoms with Crippen molar-refractivity contribution in [1.82, 2.24) is 30.1 Å². The Kier molecular flexibility index (Phi) is 6.64. The fraction of sp³-hybridized carbons (Fsp3) is 0.524. The topological polar surface area (TPSA) is 83.4 Å². The summed E-state index contributed by atoms with van der Waals surface area (Å²) in [4.78, 5) is 29.0. The molecule has 0 aliphatic carbocycles. The van der Waals surface area contributed by atoms with Gasteiger partial charge in [-0.15, -0.1) is 5.10 Å². The number of aromatic nitrogens is 3. The van der Waals surface area contributed by atoms with Gasteiger partial charge in [-0.25, -0.2) is 0 Å². The first-order valence-corrected chi connectivity index (χ1v) is 10.1. The van der Waals surface area contributed by atoms with E-state index in [1.54, 1.807) is 10.9 Å². The van der Waals surface area contributed by atoms with Gasteiger partial charge in [0.25, 0.3) is 11.8 Å². The normalized spacial score (nSPS) is 15.0. The van der Waals surface area contributed by atoms with Gasteiger partial charge in [0, 0.05) is 44.3 Å². The molecule has 29 heavy (non-hydrogen) atoms. The van der Waals surface area contributed by atoms with E-state index in [-0.39, 0.29) is 17.9 Å². The van der Waals surface area contributed by atoms with Crippen LogP contribution in [0.15, 0.2) is 24.4 Å². The Morgan fingerprint density at radius 1 is 1.03 bits per heavy atom. The minimum Gasteiger partial charge on any atom is -0.348 e. The number of hydrogen-bond donors (Lipinski definition) is 1. The van der Waals surface area contributed by atoms with Crippen molar-refractivity contribution in [2.24, 2.45) is 0 Å². The molecule has 1 aromatic heterocycles. The van der Waals surface area contributed by atoms with Crippen LogP contribution in [0.1, 0.15) is 45.8 Å². The molecular weight excluding hydrogens is 368 g/mol. The maximum absolute atomic E-state index is 12.8. The first-order chi connectivity index (χ1) is 13.8. The van der Waals surface area contributed by atoms with Crippen LogP contribution in [0.25, 0.3) is 0 Å². The average Bonchev–Trinajstić information content (AvgIpc) is 3.14. The third-order valence-corrected chi connectivity index (χ3v) is 4.96.